The van der Waals surface area contributed by atoms with E-state index in [1.807, 2.05) is 24.5 Å². The SMILES string of the molecule is CSc1nc2ccccc2n1C(=O)c1ccccc1C(=O)O. The van der Waals surface area contributed by atoms with Crippen molar-refractivity contribution in [3.63, 3.8) is 0 Å². The first-order valence-electron chi connectivity index (χ1n) is 6.52. The summed E-state index contributed by atoms with van der Waals surface area (Å²) in [6.07, 6.45) is 1.83. The van der Waals surface area contributed by atoms with Gasteiger partial charge in [0.2, 0.25) is 0 Å². The molecule has 3 rings (SSSR count). The van der Waals surface area contributed by atoms with Crippen molar-refractivity contribution in [1.29, 1.82) is 0 Å². The Morgan fingerprint density at radius 3 is 2.36 bits per heavy atom. The van der Waals surface area contributed by atoms with E-state index < -0.39 is 11.9 Å². The summed E-state index contributed by atoms with van der Waals surface area (Å²) < 4.78 is 1.46. The molecule has 0 amide bonds. The van der Waals surface area contributed by atoms with Crippen molar-refractivity contribution < 1.29 is 14.7 Å². The van der Waals surface area contributed by atoms with Crippen LogP contribution in [0.1, 0.15) is 20.7 Å². The Labute approximate surface area is 130 Å². The van der Waals surface area contributed by atoms with E-state index in [0.717, 1.165) is 0 Å². The van der Waals surface area contributed by atoms with E-state index in [9.17, 15) is 14.7 Å². The molecule has 0 radical (unpaired) electrons. The van der Waals surface area contributed by atoms with Gasteiger partial charge in [-0.25, -0.2) is 9.78 Å². The second-order valence-corrected chi connectivity index (χ2v) is 5.35. The number of benzene rings is 2. The predicted octanol–water partition coefficient (Wildman–Crippen LogP) is 3.14. The largest absolute Gasteiger partial charge is 0.478 e. The molecule has 0 aliphatic rings. The number of nitrogens with zero attached hydrogens (tertiary/aromatic N) is 2. The molecule has 22 heavy (non-hydrogen) atoms. The van der Waals surface area contributed by atoms with Crippen LogP contribution < -0.4 is 0 Å². The number of para-hydroxylation sites is 2. The molecule has 0 aliphatic carbocycles. The summed E-state index contributed by atoms with van der Waals surface area (Å²) in [7, 11) is 0. The normalized spacial score (nSPS) is 10.8. The highest BCUT2D eigenvalue weighted by Gasteiger charge is 2.22. The number of fused-ring (bicyclic) bond motifs is 1. The van der Waals surface area contributed by atoms with Gasteiger partial charge in [-0.3, -0.25) is 9.36 Å². The molecular weight excluding hydrogens is 300 g/mol. The van der Waals surface area contributed by atoms with Crippen LogP contribution in [0.3, 0.4) is 0 Å². The minimum Gasteiger partial charge on any atom is -0.478 e. The third-order valence-electron chi connectivity index (χ3n) is 3.30. The lowest BCUT2D eigenvalue weighted by Crippen LogP contribution is -2.17. The number of rotatable bonds is 3. The third-order valence-corrected chi connectivity index (χ3v) is 3.94. The molecule has 0 aliphatic heterocycles. The highest BCUT2D eigenvalue weighted by atomic mass is 32.2. The van der Waals surface area contributed by atoms with Crippen molar-refractivity contribution in [3.8, 4) is 0 Å². The molecule has 3 aromatic rings. The number of hydrogen-bond donors (Lipinski definition) is 1. The van der Waals surface area contributed by atoms with Gasteiger partial charge in [-0.05, 0) is 30.5 Å². The van der Waals surface area contributed by atoms with Crippen LogP contribution >= 0.6 is 11.8 Å². The molecule has 0 atom stereocenters. The fourth-order valence-electron chi connectivity index (χ4n) is 2.31. The Hall–Kier alpha value is -2.60. The van der Waals surface area contributed by atoms with Crippen LogP contribution in [0, 0.1) is 0 Å². The van der Waals surface area contributed by atoms with Crippen molar-refractivity contribution in [2.24, 2.45) is 0 Å². The monoisotopic (exact) mass is 312 g/mol. The molecule has 0 spiro atoms. The molecule has 0 bridgehead atoms. The molecular formula is C16H12N2O3S. The van der Waals surface area contributed by atoms with E-state index in [-0.39, 0.29) is 11.1 Å². The Balaban J connectivity index is 2.24. The molecule has 1 N–H and O–H groups in total. The van der Waals surface area contributed by atoms with Crippen LogP contribution in [0.2, 0.25) is 0 Å². The van der Waals surface area contributed by atoms with Gasteiger partial charge < -0.3 is 5.11 Å². The molecule has 5 nitrogen and oxygen atoms in total. The molecule has 1 heterocycles. The van der Waals surface area contributed by atoms with Gasteiger partial charge in [-0.15, -0.1) is 0 Å². The first-order valence-corrected chi connectivity index (χ1v) is 7.74. The Morgan fingerprint density at radius 1 is 1.05 bits per heavy atom. The fourth-order valence-corrected chi connectivity index (χ4v) is 2.87. The van der Waals surface area contributed by atoms with E-state index in [1.165, 1.54) is 28.5 Å². The van der Waals surface area contributed by atoms with E-state index in [1.54, 1.807) is 18.2 Å². The number of aromatic carboxylic acids is 1. The molecule has 2 aromatic carbocycles. The summed E-state index contributed by atoms with van der Waals surface area (Å²) in [5.74, 6) is -1.52. The average molecular weight is 312 g/mol. The number of thioether (sulfide) groups is 1. The summed E-state index contributed by atoms with van der Waals surface area (Å²) in [6.45, 7) is 0. The maximum Gasteiger partial charge on any atom is 0.336 e. The molecule has 0 fully saturated rings. The van der Waals surface area contributed by atoms with Crippen molar-refractivity contribution in [2.75, 3.05) is 6.26 Å². The Morgan fingerprint density at radius 2 is 1.68 bits per heavy atom. The zero-order chi connectivity index (χ0) is 15.7. The minimum absolute atomic E-state index is 0.0164. The molecule has 1 aromatic heterocycles. The quantitative estimate of drug-likeness (QED) is 0.752. The maximum atomic E-state index is 12.9. The molecule has 0 saturated heterocycles. The highest BCUT2D eigenvalue weighted by Crippen LogP contribution is 2.24. The van der Waals surface area contributed by atoms with Gasteiger partial charge in [0.1, 0.15) is 0 Å². The second-order valence-electron chi connectivity index (χ2n) is 4.58. The van der Waals surface area contributed by atoms with E-state index in [0.29, 0.717) is 16.2 Å². The summed E-state index contributed by atoms with van der Waals surface area (Å²) in [5.41, 5.74) is 1.50. The van der Waals surface area contributed by atoms with Crippen LogP contribution in [0.5, 0.6) is 0 Å². The summed E-state index contributed by atoms with van der Waals surface area (Å²) in [4.78, 5) is 28.6. The Bertz CT molecular complexity index is 886. The molecule has 0 saturated carbocycles. The van der Waals surface area contributed by atoms with E-state index >= 15 is 0 Å². The van der Waals surface area contributed by atoms with Crippen molar-refractivity contribution >= 4 is 34.7 Å². The molecule has 0 unspecified atom stereocenters. The van der Waals surface area contributed by atoms with Crippen LogP contribution in [-0.4, -0.2) is 32.8 Å². The van der Waals surface area contributed by atoms with Crippen LogP contribution in [0.15, 0.2) is 53.7 Å². The van der Waals surface area contributed by atoms with Gasteiger partial charge in [0.15, 0.2) is 5.16 Å². The molecule has 6 heteroatoms. The number of aromatic nitrogens is 2. The predicted molar refractivity (Wildman–Crippen MR) is 84.6 cm³/mol. The molecule has 110 valence electrons. The number of carbonyl (C=O) groups is 2. The summed E-state index contributed by atoms with van der Waals surface area (Å²) in [6, 6.07) is 13.5. The van der Waals surface area contributed by atoms with Gasteiger partial charge in [-0.1, -0.05) is 36.0 Å². The van der Waals surface area contributed by atoms with Gasteiger partial charge in [0.05, 0.1) is 22.2 Å². The topological polar surface area (TPSA) is 72.2 Å². The van der Waals surface area contributed by atoms with Crippen molar-refractivity contribution in [2.45, 2.75) is 5.16 Å². The third kappa shape index (κ3) is 2.27. The van der Waals surface area contributed by atoms with E-state index in [2.05, 4.69) is 4.98 Å². The lowest BCUT2D eigenvalue weighted by Gasteiger charge is -2.08. The van der Waals surface area contributed by atoms with Crippen molar-refractivity contribution in [1.82, 2.24) is 9.55 Å². The maximum absolute atomic E-state index is 12.9. The van der Waals surface area contributed by atoms with Crippen LogP contribution in [-0.2, 0) is 0 Å². The number of imidazole rings is 1. The van der Waals surface area contributed by atoms with Gasteiger partial charge in [0.25, 0.3) is 5.91 Å². The summed E-state index contributed by atoms with van der Waals surface area (Å²) >= 11 is 1.34. The van der Waals surface area contributed by atoms with Gasteiger partial charge >= 0.3 is 5.97 Å². The van der Waals surface area contributed by atoms with Crippen LogP contribution in [0.4, 0.5) is 0 Å². The minimum atomic E-state index is -1.13. The number of carboxylic acids is 1. The van der Waals surface area contributed by atoms with Gasteiger partial charge in [-0.2, -0.15) is 0 Å². The van der Waals surface area contributed by atoms with Gasteiger partial charge in [0, 0.05) is 0 Å². The standard InChI is InChI=1S/C16H12N2O3S/c1-22-16-17-12-8-4-5-9-13(12)18(16)14(19)10-6-2-3-7-11(10)15(20)21/h2-9H,1H3,(H,20,21). The van der Waals surface area contributed by atoms with E-state index in [4.69, 9.17) is 0 Å². The number of hydrogen-bond acceptors (Lipinski definition) is 4. The smallest absolute Gasteiger partial charge is 0.336 e. The van der Waals surface area contributed by atoms with Crippen molar-refractivity contribution in [3.05, 3.63) is 59.7 Å². The number of carboxylic acid groups (broad SMARTS) is 1. The zero-order valence-corrected chi connectivity index (χ0v) is 12.5. The highest BCUT2D eigenvalue weighted by molar-refractivity contribution is 7.98. The fraction of sp³-hybridized carbons (Fsp3) is 0.0625. The summed E-state index contributed by atoms with van der Waals surface area (Å²) in [5, 5.41) is 9.80. The zero-order valence-electron chi connectivity index (χ0n) is 11.7. The Kier molecular flexibility index (Phi) is 3.68. The first-order chi connectivity index (χ1) is 10.6. The average Bonchev–Trinajstić information content (AvgIpc) is 2.92. The first kappa shape index (κ1) is 14.3. The lowest BCUT2D eigenvalue weighted by molar-refractivity contribution is 0.0691. The number of carbonyl (C=O) groups excluding carboxylic acids is 1. The second kappa shape index (κ2) is 5.65. The lowest BCUT2D eigenvalue weighted by atomic mass is 10.1. The van der Waals surface area contributed by atoms with Crippen LogP contribution in [0.25, 0.3) is 11.0 Å².